The number of carbonyl (C=O) groups excluding carboxylic acids is 2. The maximum absolute atomic E-state index is 12.7. The van der Waals surface area contributed by atoms with Crippen LogP contribution >= 0.6 is 0 Å². The third-order valence-electron chi connectivity index (χ3n) is 6.59. The largest absolute Gasteiger partial charge is 0.465 e. The Labute approximate surface area is 203 Å². The normalized spacial score (nSPS) is 18.4. The van der Waals surface area contributed by atoms with E-state index >= 15 is 0 Å². The highest BCUT2D eigenvalue weighted by atomic mass is 16.4. The molecule has 178 valence electrons. The fourth-order valence-electron chi connectivity index (χ4n) is 4.33. The van der Waals surface area contributed by atoms with Crippen molar-refractivity contribution >= 4 is 29.3 Å². The summed E-state index contributed by atoms with van der Waals surface area (Å²) in [5.74, 6) is 0.289. The summed E-state index contributed by atoms with van der Waals surface area (Å²) < 4.78 is 0. The molecule has 3 N–H and O–H groups in total. The molecule has 5 rings (SSSR count). The number of amides is 3. The van der Waals surface area contributed by atoms with Gasteiger partial charge in [0.1, 0.15) is 0 Å². The summed E-state index contributed by atoms with van der Waals surface area (Å²) in [7, 11) is 0. The topological polar surface area (TPSA) is 98.7 Å². The van der Waals surface area contributed by atoms with Gasteiger partial charge in [-0.2, -0.15) is 0 Å². The van der Waals surface area contributed by atoms with Crippen molar-refractivity contribution in [2.45, 2.75) is 31.2 Å². The molecule has 0 saturated heterocycles. The van der Waals surface area contributed by atoms with Crippen LogP contribution in [-0.4, -0.2) is 40.5 Å². The Balaban J connectivity index is 1.15. The summed E-state index contributed by atoms with van der Waals surface area (Å²) in [6, 6.07) is 23.3. The van der Waals surface area contributed by atoms with Crippen LogP contribution < -0.4 is 10.6 Å². The Morgan fingerprint density at radius 2 is 1.31 bits per heavy atom. The number of nitrogens with zero attached hydrogens (tertiary/aromatic N) is 1. The summed E-state index contributed by atoms with van der Waals surface area (Å²) in [6.07, 6.45) is 2.26. The molecular formula is C28H27N3O4. The number of hydrogen-bond acceptors (Lipinski definition) is 3. The molecule has 2 fully saturated rings. The SMILES string of the molecule is O=C(Nc1ccc(C(=O)Nc2ccc(C3CC3N(CC3CC3)C(=O)O)cc2)cc1)c1ccccc1. The third kappa shape index (κ3) is 5.51. The number of nitrogens with one attached hydrogen (secondary N) is 2. The van der Waals surface area contributed by atoms with E-state index in [2.05, 4.69) is 10.6 Å². The van der Waals surface area contributed by atoms with E-state index in [-0.39, 0.29) is 23.8 Å². The molecule has 0 heterocycles. The average molecular weight is 470 g/mol. The van der Waals surface area contributed by atoms with E-state index in [0.29, 0.717) is 35.0 Å². The van der Waals surface area contributed by atoms with Crippen LogP contribution in [0.1, 0.15) is 51.5 Å². The van der Waals surface area contributed by atoms with Gasteiger partial charge in [-0.15, -0.1) is 0 Å². The monoisotopic (exact) mass is 469 g/mol. The quantitative estimate of drug-likeness (QED) is 0.409. The zero-order chi connectivity index (χ0) is 24.4. The number of rotatable bonds is 8. The standard InChI is InChI=1S/C28H27N3O4/c32-26(20-4-2-1-3-5-20)29-23-14-10-21(11-15-23)27(33)30-22-12-8-19(9-13-22)24-16-25(24)31(28(34)35)17-18-6-7-18/h1-5,8-15,18,24-25H,6-7,16-17H2,(H,29,32)(H,30,33)(H,34,35). The molecule has 2 saturated carbocycles. The molecule has 2 aliphatic rings. The second-order valence-electron chi connectivity index (χ2n) is 9.26. The maximum Gasteiger partial charge on any atom is 0.407 e. The minimum atomic E-state index is -0.834. The number of carboxylic acid groups (broad SMARTS) is 1. The first-order valence-electron chi connectivity index (χ1n) is 11.9. The van der Waals surface area contributed by atoms with Crippen LogP contribution in [0.2, 0.25) is 0 Å². The van der Waals surface area contributed by atoms with Crippen molar-refractivity contribution in [3.8, 4) is 0 Å². The van der Waals surface area contributed by atoms with Crippen molar-refractivity contribution < 1.29 is 19.5 Å². The van der Waals surface area contributed by atoms with Gasteiger partial charge in [0.15, 0.2) is 0 Å². The second kappa shape index (κ2) is 9.62. The Hall–Kier alpha value is -4.13. The van der Waals surface area contributed by atoms with Crippen molar-refractivity contribution in [1.82, 2.24) is 4.90 Å². The first kappa shape index (κ1) is 22.7. The van der Waals surface area contributed by atoms with Gasteiger partial charge in [-0.1, -0.05) is 30.3 Å². The van der Waals surface area contributed by atoms with Gasteiger partial charge < -0.3 is 20.6 Å². The lowest BCUT2D eigenvalue weighted by molar-refractivity contribution is 0.102. The summed E-state index contributed by atoms with van der Waals surface area (Å²) in [5.41, 5.74) is 3.41. The second-order valence-corrected chi connectivity index (χ2v) is 9.26. The highest BCUT2D eigenvalue weighted by Crippen LogP contribution is 2.46. The van der Waals surface area contributed by atoms with Crippen LogP contribution in [0.15, 0.2) is 78.9 Å². The van der Waals surface area contributed by atoms with Crippen LogP contribution in [0.25, 0.3) is 0 Å². The van der Waals surface area contributed by atoms with Crippen LogP contribution in [-0.2, 0) is 0 Å². The summed E-state index contributed by atoms with van der Waals surface area (Å²) in [5, 5.41) is 15.3. The lowest BCUT2D eigenvalue weighted by Crippen LogP contribution is -2.34. The first-order valence-corrected chi connectivity index (χ1v) is 11.9. The lowest BCUT2D eigenvalue weighted by atomic mass is 10.1. The molecule has 0 spiro atoms. The summed E-state index contributed by atoms with van der Waals surface area (Å²) in [4.78, 5) is 38.2. The van der Waals surface area contributed by atoms with Crippen molar-refractivity contribution in [2.75, 3.05) is 17.2 Å². The zero-order valence-electron chi connectivity index (χ0n) is 19.2. The van der Waals surface area contributed by atoms with E-state index in [0.717, 1.165) is 24.8 Å². The van der Waals surface area contributed by atoms with Crippen LogP contribution in [0.4, 0.5) is 16.2 Å². The van der Waals surface area contributed by atoms with Gasteiger partial charge in [0.25, 0.3) is 11.8 Å². The molecule has 7 nitrogen and oxygen atoms in total. The van der Waals surface area contributed by atoms with E-state index in [1.807, 2.05) is 30.3 Å². The molecule has 35 heavy (non-hydrogen) atoms. The Bertz CT molecular complexity index is 1220. The molecule has 7 heteroatoms. The Morgan fingerprint density at radius 3 is 1.86 bits per heavy atom. The van der Waals surface area contributed by atoms with Gasteiger partial charge in [0.05, 0.1) is 0 Å². The predicted molar refractivity (Wildman–Crippen MR) is 134 cm³/mol. The highest BCUT2D eigenvalue weighted by molar-refractivity contribution is 6.06. The predicted octanol–water partition coefficient (Wildman–Crippen LogP) is 5.44. The fourth-order valence-corrected chi connectivity index (χ4v) is 4.33. The maximum atomic E-state index is 12.7. The molecule has 2 aliphatic carbocycles. The van der Waals surface area contributed by atoms with Crippen LogP contribution in [0.3, 0.4) is 0 Å². The van der Waals surface area contributed by atoms with Crippen molar-refractivity contribution in [3.05, 3.63) is 95.6 Å². The zero-order valence-corrected chi connectivity index (χ0v) is 19.2. The van der Waals surface area contributed by atoms with Gasteiger partial charge in [0.2, 0.25) is 0 Å². The molecule has 0 aromatic heterocycles. The van der Waals surface area contributed by atoms with Crippen LogP contribution in [0.5, 0.6) is 0 Å². The highest BCUT2D eigenvalue weighted by Gasteiger charge is 2.46. The van der Waals surface area contributed by atoms with Gasteiger partial charge in [-0.3, -0.25) is 9.59 Å². The number of benzene rings is 3. The van der Waals surface area contributed by atoms with E-state index in [4.69, 9.17) is 0 Å². The molecule has 0 bridgehead atoms. The lowest BCUT2D eigenvalue weighted by Gasteiger charge is -2.19. The smallest absolute Gasteiger partial charge is 0.407 e. The van der Waals surface area contributed by atoms with Gasteiger partial charge in [-0.25, -0.2) is 4.79 Å². The molecule has 2 unspecified atom stereocenters. The summed E-state index contributed by atoms with van der Waals surface area (Å²) >= 11 is 0. The van der Waals surface area contributed by atoms with Crippen molar-refractivity contribution in [3.63, 3.8) is 0 Å². The molecule has 3 aromatic rings. The van der Waals surface area contributed by atoms with E-state index in [1.165, 1.54) is 0 Å². The fraction of sp³-hybridized carbons (Fsp3) is 0.250. The van der Waals surface area contributed by atoms with Crippen molar-refractivity contribution in [1.29, 1.82) is 0 Å². The summed E-state index contributed by atoms with van der Waals surface area (Å²) in [6.45, 7) is 0.638. The molecule has 0 radical (unpaired) electrons. The van der Waals surface area contributed by atoms with E-state index < -0.39 is 6.09 Å². The van der Waals surface area contributed by atoms with Gasteiger partial charge >= 0.3 is 6.09 Å². The van der Waals surface area contributed by atoms with E-state index in [9.17, 15) is 19.5 Å². The van der Waals surface area contributed by atoms with Gasteiger partial charge in [-0.05, 0) is 79.3 Å². The minimum absolute atomic E-state index is 0.0504. The van der Waals surface area contributed by atoms with Crippen molar-refractivity contribution in [2.24, 2.45) is 5.92 Å². The Morgan fingerprint density at radius 1 is 0.771 bits per heavy atom. The minimum Gasteiger partial charge on any atom is -0.465 e. The number of hydrogen-bond donors (Lipinski definition) is 3. The third-order valence-corrected chi connectivity index (χ3v) is 6.59. The van der Waals surface area contributed by atoms with Gasteiger partial charge in [0, 0.05) is 41.0 Å². The van der Waals surface area contributed by atoms with Crippen LogP contribution in [0, 0.1) is 5.92 Å². The molecule has 2 atom stereocenters. The molecule has 3 aromatic carbocycles. The first-order chi connectivity index (χ1) is 17.0. The number of carbonyl (C=O) groups is 3. The molecular weight excluding hydrogens is 442 g/mol. The molecule has 3 amide bonds. The average Bonchev–Trinajstić information content (AvgIpc) is 3.79. The number of anilines is 2. The van der Waals surface area contributed by atoms with E-state index in [1.54, 1.807) is 53.4 Å². The molecule has 0 aliphatic heterocycles. The Kier molecular flexibility index (Phi) is 6.23.